The Morgan fingerprint density at radius 3 is 2.55 bits per heavy atom. The lowest BCUT2D eigenvalue weighted by molar-refractivity contribution is -0.00834. The van der Waals surface area contributed by atoms with Gasteiger partial charge in [-0.05, 0) is 51.3 Å². The molecule has 0 unspecified atom stereocenters. The summed E-state index contributed by atoms with van der Waals surface area (Å²) in [6.07, 6.45) is 1.10. The normalized spacial score (nSPS) is 19.5. The standard InChI is InChI=1S/C23H38FN5O2/c1-4-25-22(27-17-23(2,3)29-11-13-31-14-12-29)26-16-18-5-6-21(20(24)15-18)28-9-7-19(30)8-10-28/h5-6,15,19,30H,4,7-14,16-17H2,1-3H3,(H2,25,26,27). The molecule has 2 saturated heterocycles. The molecule has 0 bridgehead atoms. The number of aliphatic hydroxyl groups excluding tert-OH is 1. The number of aliphatic imine (C=N–C) groups is 1. The average Bonchev–Trinajstić information content (AvgIpc) is 2.77. The van der Waals surface area contributed by atoms with E-state index in [-0.39, 0.29) is 17.5 Å². The maximum Gasteiger partial charge on any atom is 0.191 e. The smallest absolute Gasteiger partial charge is 0.191 e. The highest BCUT2D eigenvalue weighted by Crippen LogP contribution is 2.24. The molecule has 2 fully saturated rings. The van der Waals surface area contributed by atoms with Crippen molar-refractivity contribution in [1.29, 1.82) is 0 Å². The molecule has 2 heterocycles. The van der Waals surface area contributed by atoms with Crippen molar-refractivity contribution in [3.63, 3.8) is 0 Å². The molecule has 0 radical (unpaired) electrons. The van der Waals surface area contributed by atoms with Crippen molar-refractivity contribution in [2.24, 2.45) is 4.99 Å². The highest BCUT2D eigenvalue weighted by Gasteiger charge is 2.28. The number of anilines is 1. The minimum absolute atomic E-state index is 0.0181. The molecule has 0 saturated carbocycles. The van der Waals surface area contributed by atoms with Gasteiger partial charge in [-0.3, -0.25) is 4.90 Å². The lowest BCUT2D eigenvalue weighted by Gasteiger charge is -2.41. The molecule has 2 aliphatic heterocycles. The summed E-state index contributed by atoms with van der Waals surface area (Å²) in [4.78, 5) is 9.10. The van der Waals surface area contributed by atoms with Crippen molar-refractivity contribution in [3.05, 3.63) is 29.6 Å². The average molecular weight is 436 g/mol. The van der Waals surface area contributed by atoms with E-state index in [1.807, 2.05) is 24.0 Å². The highest BCUT2D eigenvalue weighted by atomic mass is 19.1. The van der Waals surface area contributed by atoms with Crippen LogP contribution in [0.15, 0.2) is 23.2 Å². The van der Waals surface area contributed by atoms with Crippen LogP contribution in [0.5, 0.6) is 0 Å². The van der Waals surface area contributed by atoms with Crippen LogP contribution in [0.1, 0.15) is 39.2 Å². The van der Waals surface area contributed by atoms with Gasteiger partial charge in [-0.15, -0.1) is 0 Å². The van der Waals surface area contributed by atoms with Gasteiger partial charge in [0.05, 0.1) is 31.5 Å². The first kappa shape index (κ1) is 23.8. The van der Waals surface area contributed by atoms with Crippen LogP contribution in [0.2, 0.25) is 0 Å². The van der Waals surface area contributed by atoms with Crippen LogP contribution in [0.25, 0.3) is 0 Å². The zero-order chi connectivity index (χ0) is 22.3. The Labute approximate surface area is 185 Å². The second-order valence-electron chi connectivity index (χ2n) is 8.96. The highest BCUT2D eigenvalue weighted by molar-refractivity contribution is 5.79. The maximum absolute atomic E-state index is 14.7. The summed E-state index contributed by atoms with van der Waals surface area (Å²) < 4.78 is 20.2. The maximum atomic E-state index is 14.7. The summed E-state index contributed by atoms with van der Waals surface area (Å²) >= 11 is 0. The predicted molar refractivity (Wildman–Crippen MR) is 123 cm³/mol. The first-order chi connectivity index (χ1) is 14.9. The Balaban J connectivity index is 1.58. The number of benzene rings is 1. The van der Waals surface area contributed by atoms with Crippen LogP contribution in [0, 0.1) is 5.82 Å². The van der Waals surface area contributed by atoms with Gasteiger partial charge < -0.3 is 25.4 Å². The fourth-order valence-electron chi connectivity index (χ4n) is 4.10. The number of aliphatic hydroxyl groups is 1. The van der Waals surface area contributed by atoms with E-state index in [2.05, 4.69) is 34.4 Å². The van der Waals surface area contributed by atoms with Gasteiger partial charge in [-0.2, -0.15) is 0 Å². The third-order valence-corrected chi connectivity index (χ3v) is 6.14. The van der Waals surface area contributed by atoms with Crippen LogP contribution in [0.3, 0.4) is 0 Å². The Morgan fingerprint density at radius 1 is 1.19 bits per heavy atom. The predicted octanol–water partition coefficient (Wildman–Crippen LogP) is 1.95. The quantitative estimate of drug-likeness (QED) is 0.449. The third kappa shape index (κ3) is 6.79. The van der Waals surface area contributed by atoms with Crippen molar-refractivity contribution >= 4 is 11.6 Å². The van der Waals surface area contributed by atoms with Gasteiger partial charge in [0.25, 0.3) is 0 Å². The molecule has 0 atom stereocenters. The number of nitrogens with one attached hydrogen (secondary N) is 2. The molecule has 0 aromatic heterocycles. The van der Waals surface area contributed by atoms with Crippen molar-refractivity contribution in [3.8, 4) is 0 Å². The number of hydrogen-bond acceptors (Lipinski definition) is 5. The molecule has 0 amide bonds. The van der Waals surface area contributed by atoms with E-state index >= 15 is 0 Å². The van der Waals surface area contributed by atoms with Crippen molar-refractivity contribution in [2.75, 3.05) is 57.4 Å². The van der Waals surface area contributed by atoms with E-state index in [1.165, 1.54) is 0 Å². The molecule has 8 heteroatoms. The van der Waals surface area contributed by atoms with Crippen LogP contribution in [0.4, 0.5) is 10.1 Å². The van der Waals surface area contributed by atoms with E-state index in [9.17, 15) is 9.50 Å². The molecule has 174 valence electrons. The monoisotopic (exact) mass is 435 g/mol. The molecule has 0 spiro atoms. The number of halogens is 1. The molecular weight excluding hydrogens is 397 g/mol. The molecule has 0 aliphatic carbocycles. The molecule has 31 heavy (non-hydrogen) atoms. The number of hydrogen-bond donors (Lipinski definition) is 3. The van der Waals surface area contributed by atoms with E-state index in [1.54, 1.807) is 6.07 Å². The summed E-state index contributed by atoms with van der Waals surface area (Å²) in [5.74, 6) is 0.508. The van der Waals surface area contributed by atoms with Gasteiger partial charge in [0, 0.05) is 44.8 Å². The van der Waals surface area contributed by atoms with Crippen LogP contribution in [-0.4, -0.2) is 80.1 Å². The minimum Gasteiger partial charge on any atom is -0.393 e. The second kappa shape index (κ2) is 11.1. The zero-order valence-corrected chi connectivity index (χ0v) is 19.2. The summed E-state index contributed by atoms with van der Waals surface area (Å²) in [6.45, 7) is 13.2. The minimum atomic E-state index is -0.266. The number of piperidine rings is 1. The molecule has 1 aromatic carbocycles. The van der Waals surface area contributed by atoms with Gasteiger partial charge in [0.1, 0.15) is 5.82 Å². The first-order valence-corrected chi connectivity index (χ1v) is 11.5. The number of rotatable bonds is 7. The first-order valence-electron chi connectivity index (χ1n) is 11.5. The van der Waals surface area contributed by atoms with Crippen LogP contribution < -0.4 is 15.5 Å². The SMILES string of the molecule is CCNC(=NCc1ccc(N2CCC(O)CC2)c(F)c1)NCC(C)(C)N1CCOCC1. The lowest BCUT2D eigenvalue weighted by Crippen LogP contribution is -2.56. The fourth-order valence-corrected chi connectivity index (χ4v) is 4.10. The van der Waals surface area contributed by atoms with Crippen molar-refractivity contribution < 1.29 is 14.2 Å². The summed E-state index contributed by atoms with van der Waals surface area (Å²) in [6, 6.07) is 5.35. The van der Waals surface area contributed by atoms with Gasteiger partial charge in [-0.25, -0.2) is 9.38 Å². The molecule has 1 aromatic rings. The number of guanidine groups is 1. The zero-order valence-electron chi connectivity index (χ0n) is 19.2. The molecular formula is C23H38FN5O2. The largest absolute Gasteiger partial charge is 0.393 e. The van der Waals surface area contributed by atoms with Gasteiger partial charge in [-0.1, -0.05) is 6.07 Å². The van der Waals surface area contributed by atoms with E-state index in [0.29, 0.717) is 38.2 Å². The molecule has 3 rings (SSSR count). The third-order valence-electron chi connectivity index (χ3n) is 6.14. The van der Waals surface area contributed by atoms with Gasteiger partial charge in [0.15, 0.2) is 5.96 Å². The van der Waals surface area contributed by atoms with Gasteiger partial charge in [0.2, 0.25) is 0 Å². The summed E-state index contributed by atoms with van der Waals surface area (Å²) in [7, 11) is 0. The summed E-state index contributed by atoms with van der Waals surface area (Å²) in [5.41, 5.74) is 1.43. The van der Waals surface area contributed by atoms with Gasteiger partial charge >= 0.3 is 0 Å². The van der Waals surface area contributed by atoms with Crippen molar-refractivity contribution in [1.82, 2.24) is 15.5 Å². The van der Waals surface area contributed by atoms with Crippen molar-refractivity contribution in [2.45, 2.75) is 51.8 Å². The molecule has 3 N–H and O–H groups in total. The van der Waals surface area contributed by atoms with Crippen LogP contribution in [-0.2, 0) is 11.3 Å². The second-order valence-corrected chi connectivity index (χ2v) is 8.96. The summed E-state index contributed by atoms with van der Waals surface area (Å²) in [5, 5.41) is 16.4. The molecule has 2 aliphatic rings. The van der Waals surface area contributed by atoms with Crippen LogP contribution >= 0.6 is 0 Å². The number of morpholine rings is 1. The van der Waals surface area contributed by atoms with E-state index in [0.717, 1.165) is 50.9 Å². The fraction of sp³-hybridized carbons (Fsp3) is 0.696. The van der Waals surface area contributed by atoms with E-state index in [4.69, 9.17) is 4.74 Å². The Kier molecular flexibility index (Phi) is 8.51. The lowest BCUT2D eigenvalue weighted by atomic mass is 10.0. The number of nitrogens with zero attached hydrogens (tertiary/aromatic N) is 3. The Morgan fingerprint density at radius 2 is 1.90 bits per heavy atom. The van der Waals surface area contributed by atoms with E-state index < -0.39 is 0 Å². The Hall–Kier alpha value is -1.90. The number of ether oxygens (including phenoxy) is 1. The topological polar surface area (TPSA) is 72.4 Å². The Bertz CT molecular complexity index is 729. The molecule has 7 nitrogen and oxygen atoms in total.